The van der Waals surface area contributed by atoms with Gasteiger partial charge in [0, 0.05) is 114 Å². The molecule has 0 fully saturated rings. The Balaban J connectivity index is 0.000000138. The van der Waals surface area contributed by atoms with Crippen molar-refractivity contribution in [1.29, 1.82) is 0 Å². The second kappa shape index (κ2) is 26.6. The molecule has 0 amide bonds. The molecule has 0 N–H and O–H groups in total. The van der Waals surface area contributed by atoms with Gasteiger partial charge in [-0.15, -0.1) is 45.3 Å². The monoisotopic (exact) mass is 1440 g/mol. The van der Waals surface area contributed by atoms with Crippen LogP contribution < -0.4 is 0 Å². The summed E-state index contributed by atoms with van der Waals surface area (Å²) in [5, 5.41) is 15.2. The van der Waals surface area contributed by atoms with Gasteiger partial charge in [-0.2, -0.15) is 0 Å². The Kier molecular flexibility index (Phi) is 15.6. The highest BCUT2D eigenvalue weighted by Crippen LogP contribution is 2.47. The van der Waals surface area contributed by atoms with E-state index in [4.69, 9.17) is 19.9 Å². The molecule has 6 aromatic heterocycles. The normalized spacial score (nSPS) is 11.7. The number of hydrogen-bond donors (Lipinski definition) is 0. The lowest BCUT2D eigenvalue weighted by Gasteiger charge is -2.14. The topological polar surface area (TPSA) is 51.6 Å². The van der Waals surface area contributed by atoms with E-state index in [0.717, 1.165) is 67.3 Å². The Labute approximate surface area is 638 Å². The zero-order valence-corrected chi connectivity index (χ0v) is 61.3. The second-order valence-electron chi connectivity index (χ2n) is 27.6. The van der Waals surface area contributed by atoms with E-state index >= 15 is 0 Å². The predicted molar refractivity (Wildman–Crippen MR) is 465 cm³/mol. The van der Waals surface area contributed by atoms with Crippen molar-refractivity contribution < 1.29 is 0 Å². The van der Waals surface area contributed by atoms with Crippen LogP contribution in [0.25, 0.3) is 215 Å². The van der Waals surface area contributed by atoms with Crippen LogP contribution in [0.15, 0.2) is 364 Å². The molecule has 4 nitrogen and oxygen atoms in total. The van der Waals surface area contributed by atoms with Crippen molar-refractivity contribution in [1.82, 2.24) is 19.9 Å². The van der Waals surface area contributed by atoms with E-state index in [1.165, 1.54) is 136 Å². The van der Waals surface area contributed by atoms with Crippen LogP contribution in [0.3, 0.4) is 0 Å². The molecule has 6 heterocycles. The molecule has 0 aliphatic carbocycles. The van der Waals surface area contributed by atoms with Crippen molar-refractivity contribution in [3.8, 4) is 112 Å². The van der Waals surface area contributed by atoms with Gasteiger partial charge < -0.3 is 0 Å². The van der Waals surface area contributed by atoms with Gasteiger partial charge in [-0.1, -0.05) is 267 Å². The first-order valence-electron chi connectivity index (χ1n) is 36.3. The van der Waals surface area contributed by atoms with Crippen LogP contribution in [0.4, 0.5) is 0 Å². The van der Waals surface area contributed by atoms with Gasteiger partial charge >= 0.3 is 0 Å². The standard InChI is InChI=1S/2C50H30N2S2/c1-2-13-32(14-3-1)50-51-44(34-25-24-31-12-4-5-15-33(31)26-34)30-45(52-50)37-28-35(38-18-10-20-42-40-16-6-8-22-46(40)53-48(38)42)27-36(29-37)39-19-11-21-43-41-17-7-9-23-47(41)54-49(39)43;1-2-11-32(12-3-1)50-51-44(36-19-18-31-10-4-5-13-33(31)24-36)30-45(52-50)39-26-37(34-20-22-42-40-14-6-8-16-46(40)53-48(42)28-34)25-38(27-39)35-21-23-43-41-15-7-9-17-47(41)54-49(43)29-35/h2*1-30H. The van der Waals surface area contributed by atoms with Crippen molar-refractivity contribution >= 4 is 148 Å². The minimum absolute atomic E-state index is 0.710. The van der Waals surface area contributed by atoms with Crippen molar-refractivity contribution in [2.75, 3.05) is 0 Å². The van der Waals surface area contributed by atoms with Crippen molar-refractivity contribution in [2.24, 2.45) is 0 Å². The molecule has 16 aromatic carbocycles. The summed E-state index contributed by atoms with van der Waals surface area (Å²) in [7, 11) is 0. The maximum atomic E-state index is 5.32. The van der Waals surface area contributed by atoms with E-state index in [2.05, 4.69) is 340 Å². The van der Waals surface area contributed by atoms with Gasteiger partial charge in [0.25, 0.3) is 0 Å². The van der Waals surface area contributed by atoms with Gasteiger partial charge in [0.05, 0.1) is 22.8 Å². The summed E-state index contributed by atoms with van der Waals surface area (Å²) >= 11 is 7.45. The van der Waals surface area contributed by atoms with Crippen LogP contribution in [-0.4, -0.2) is 19.9 Å². The fourth-order valence-electron chi connectivity index (χ4n) is 15.6. The molecule has 0 atom stereocenters. The summed E-state index contributed by atoms with van der Waals surface area (Å²) in [6, 6.07) is 131. The first kappa shape index (κ1) is 63.5. The lowest BCUT2D eigenvalue weighted by molar-refractivity contribution is 1.18. The zero-order valence-electron chi connectivity index (χ0n) is 58.1. The van der Waals surface area contributed by atoms with E-state index in [0.29, 0.717) is 11.6 Å². The number of nitrogens with zero attached hydrogens (tertiary/aromatic N) is 4. The molecule has 0 saturated carbocycles. The first-order chi connectivity index (χ1) is 53.4. The molecule has 0 bridgehead atoms. The molecule has 0 unspecified atom stereocenters. The molecule has 0 spiro atoms. The number of thiophene rings is 4. The minimum Gasteiger partial charge on any atom is -0.228 e. The summed E-state index contributed by atoms with van der Waals surface area (Å²) < 4.78 is 10.4. The van der Waals surface area contributed by atoms with Gasteiger partial charge in [-0.25, -0.2) is 19.9 Å². The molecule has 22 rings (SSSR count). The Morgan fingerprint density at radius 2 is 0.472 bits per heavy atom. The largest absolute Gasteiger partial charge is 0.228 e. The van der Waals surface area contributed by atoms with E-state index in [1.54, 1.807) is 0 Å². The molecule has 504 valence electrons. The minimum atomic E-state index is 0.710. The third kappa shape index (κ3) is 11.6. The van der Waals surface area contributed by atoms with Crippen LogP contribution in [-0.2, 0) is 0 Å². The lowest BCUT2D eigenvalue weighted by atomic mass is 9.93. The zero-order chi connectivity index (χ0) is 71.2. The van der Waals surface area contributed by atoms with Crippen molar-refractivity contribution in [3.63, 3.8) is 0 Å². The number of benzene rings is 16. The van der Waals surface area contributed by atoms with Gasteiger partial charge in [0.15, 0.2) is 11.6 Å². The Hall–Kier alpha value is -12.9. The van der Waals surface area contributed by atoms with Gasteiger partial charge in [-0.05, 0) is 163 Å². The Morgan fingerprint density at radius 3 is 0.907 bits per heavy atom. The summed E-state index contributed by atoms with van der Waals surface area (Å²) in [6.45, 7) is 0. The van der Waals surface area contributed by atoms with Gasteiger partial charge in [-0.3, -0.25) is 0 Å². The highest BCUT2D eigenvalue weighted by molar-refractivity contribution is 7.27. The molecular weight excluding hydrogens is 1390 g/mol. The molecule has 0 saturated heterocycles. The van der Waals surface area contributed by atoms with Crippen LogP contribution in [0.1, 0.15) is 0 Å². The fraction of sp³-hybridized carbons (Fsp3) is 0. The summed E-state index contributed by atoms with van der Waals surface area (Å²) in [5.74, 6) is 1.42. The molecule has 0 radical (unpaired) electrons. The summed E-state index contributed by atoms with van der Waals surface area (Å²) in [5.41, 5.74) is 19.3. The first-order valence-corrected chi connectivity index (χ1v) is 39.5. The predicted octanol–water partition coefficient (Wildman–Crippen LogP) is 29.4. The van der Waals surface area contributed by atoms with E-state index in [9.17, 15) is 0 Å². The molecule has 8 heteroatoms. The van der Waals surface area contributed by atoms with E-state index in [-0.39, 0.29) is 0 Å². The lowest BCUT2D eigenvalue weighted by Crippen LogP contribution is -1.96. The van der Waals surface area contributed by atoms with Crippen molar-refractivity contribution in [2.45, 2.75) is 0 Å². The smallest absolute Gasteiger partial charge is 0.160 e. The van der Waals surface area contributed by atoms with E-state index in [1.807, 2.05) is 69.6 Å². The van der Waals surface area contributed by atoms with Gasteiger partial charge in [0.2, 0.25) is 0 Å². The third-order valence-corrected chi connectivity index (χ3v) is 25.6. The average molecular weight is 1450 g/mol. The number of fused-ring (bicyclic) bond motifs is 14. The quantitative estimate of drug-likeness (QED) is 0.137. The van der Waals surface area contributed by atoms with Crippen molar-refractivity contribution in [3.05, 3.63) is 364 Å². The maximum Gasteiger partial charge on any atom is 0.160 e. The van der Waals surface area contributed by atoms with Crippen LogP contribution in [0.5, 0.6) is 0 Å². The molecule has 0 aliphatic rings. The summed E-state index contributed by atoms with van der Waals surface area (Å²) in [4.78, 5) is 21.0. The molecule has 108 heavy (non-hydrogen) atoms. The highest BCUT2D eigenvalue weighted by atomic mass is 32.1. The van der Waals surface area contributed by atoms with Gasteiger partial charge in [0.1, 0.15) is 0 Å². The SMILES string of the molecule is c1ccc(-c2nc(-c3cc(-c4ccc5c(c4)sc4ccccc45)cc(-c4ccc5c(c4)sc4ccccc45)c3)cc(-c3ccc4ccccc4c3)n2)cc1.c1ccc(-c2nc(-c3cc(-c4cccc5c4sc4ccccc45)cc(-c4cccc5c4sc4ccccc45)c3)cc(-c3ccc4ccccc4c3)n2)cc1. The molecule has 22 aromatic rings. The molecule has 0 aliphatic heterocycles. The second-order valence-corrected chi connectivity index (χ2v) is 31.8. The maximum absolute atomic E-state index is 5.32. The van der Waals surface area contributed by atoms with Crippen LogP contribution >= 0.6 is 45.3 Å². The average Bonchev–Trinajstić information content (AvgIpc) is 1.45. The Morgan fingerprint density at radius 1 is 0.157 bits per heavy atom. The fourth-order valence-corrected chi connectivity index (χ4v) is 20.3. The highest BCUT2D eigenvalue weighted by Gasteiger charge is 2.21. The number of rotatable bonds is 10. The summed E-state index contributed by atoms with van der Waals surface area (Å²) in [6.07, 6.45) is 0. The van der Waals surface area contributed by atoms with Crippen LogP contribution in [0, 0.1) is 0 Å². The number of aromatic nitrogens is 4. The molecular formula is C100H60N4S4. The van der Waals surface area contributed by atoms with E-state index < -0.39 is 0 Å². The third-order valence-electron chi connectivity index (χ3n) is 20.9. The number of hydrogen-bond acceptors (Lipinski definition) is 8. The van der Waals surface area contributed by atoms with Crippen LogP contribution in [0.2, 0.25) is 0 Å². The Bertz CT molecular complexity index is 7070.